The smallest absolute Gasteiger partial charge is 0.211 e. The first-order valence-corrected chi connectivity index (χ1v) is 11.2. The van der Waals surface area contributed by atoms with Crippen LogP contribution in [0.3, 0.4) is 0 Å². The molecule has 1 saturated heterocycles. The molecule has 1 aromatic carbocycles. The fourth-order valence-corrected chi connectivity index (χ4v) is 4.93. The number of benzene rings is 1. The molecular formula is C19H31N3O2S. The first kappa shape index (κ1) is 18.7. The molecule has 0 radical (unpaired) electrons. The highest BCUT2D eigenvalue weighted by molar-refractivity contribution is 7.89. The van der Waals surface area contributed by atoms with Crippen molar-refractivity contribution in [2.24, 2.45) is 0 Å². The molecule has 1 heterocycles. The predicted molar refractivity (Wildman–Crippen MR) is 104 cm³/mol. The molecule has 2 fully saturated rings. The van der Waals surface area contributed by atoms with Crippen molar-refractivity contribution in [3.05, 3.63) is 30.3 Å². The summed E-state index contributed by atoms with van der Waals surface area (Å²) in [5.41, 5.74) is 1.29. The summed E-state index contributed by atoms with van der Waals surface area (Å²) in [6.45, 7) is 6.28. The molecular weight excluding hydrogens is 334 g/mol. The Morgan fingerprint density at radius 3 is 2.24 bits per heavy atom. The fourth-order valence-electron chi connectivity index (χ4n) is 4.24. The van der Waals surface area contributed by atoms with E-state index in [1.165, 1.54) is 24.9 Å². The summed E-state index contributed by atoms with van der Waals surface area (Å²) in [6.07, 6.45) is 5.88. The van der Waals surface area contributed by atoms with Crippen LogP contribution in [0.2, 0.25) is 0 Å². The monoisotopic (exact) mass is 365 g/mol. The van der Waals surface area contributed by atoms with Crippen LogP contribution in [-0.2, 0) is 10.0 Å². The van der Waals surface area contributed by atoms with Gasteiger partial charge in [-0.1, -0.05) is 37.5 Å². The van der Waals surface area contributed by atoms with E-state index in [4.69, 9.17) is 0 Å². The molecule has 0 aromatic heterocycles. The highest BCUT2D eigenvalue weighted by Gasteiger charge is 2.39. The van der Waals surface area contributed by atoms with E-state index in [1.807, 2.05) is 0 Å². The lowest BCUT2D eigenvalue weighted by Crippen LogP contribution is -2.62. The molecule has 140 valence electrons. The second kappa shape index (κ2) is 8.06. The van der Waals surface area contributed by atoms with Crippen molar-refractivity contribution in [1.29, 1.82) is 0 Å². The number of hydrogen-bond acceptors (Lipinski definition) is 4. The van der Waals surface area contributed by atoms with Crippen LogP contribution < -0.4 is 9.62 Å². The number of anilines is 1. The van der Waals surface area contributed by atoms with E-state index in [9.17, 15) is 8.42 Å². The third-order valence-corrected chi connectivity index (χ3v) is 7.20. The maximum Gasteiger partial charge on any atom is 0.211 e. The number of nitrogens with one attached hydrogen (secondary N) is 1. The fraction of sp³-hybridized carbons (Fsp3) is 0.684. The molecule has 2 aliphatic rings. The van der Waals surface area contributed by atoms with Gasteiger partial charge in [-0.25, -0.2) is 13.1 Å². The summed E-state index contributed by atoms with van der Waals surface area (Å²) in [7, 11) is -3.14. The van der Waals surface area contributed by atoms with Crippen LogP contribution in [-0.4, -0.2) is 57.3 Å². The topological polar surface area (TPSA) is 52.7 Å². The Balaban J connectivity index is 1.66. The number of rotatable bonds is 6. The second-order valence-electron chi connectivity index (χ2n) is 7.32. The van der Waals surface area contributed by atoms with Crippen molar-refractivity contribution in [1.82, 2.24) is 9.62 Å². The van der Waals surface area contributed by atoms with Gasteiger partial charge in [-0.05, 0) is 31.9 Å². The third kappa shape index (κ3) is 4.54. The lowest BCUT2D eigenvalue weighted by molar-refractivity contribution is 0.0488. The van der Waals surface area contributed by atoms with Gasteiger partial charge in [-0.15, -0.1) is 0 Å². The van der Waals surface area contributed by atoms with E-state index in [1.54, 1.807) is 6.92 Å². The van der Waals surface area contributed by atoms with Crippen molar-refractivity contribution < 1.29 is 8.42 Å². The van der Waals surface area contributed by atoms with E-state index in [2.05, 4.69) is 44.9 Å². The average molecular weight is 366 g/mol. The molecule has 0 atom stereocenters. The van der Waals surface area contributed by atoms with Gasteiger partial charge in [0.25, 0.3) is 0 Å². The van der Waals surface area contributed by atoms with Gasteiger partial charge in [0.2, 0.25) is 10.0 Å². The normalized spacial score (nSPS) is 22.0. The standard InChI is InChI=1S/C19H31N3O2S/c1-2-25(23,24)20-17-19(11-7-4-8-12-19)22-15-13-21(14-16-22)18-9-5-3-6-10-18/h3,5-6,9-10,20H,2,4,7-8,11-17H2,1H3. The van der Waals surface area contributed by atoms with Crippen molar-refractivity contribution in [3.8, 4) is 0 Å². The van der Waals surface area contributed by atoms with Crippen molar-refractivity contribution in [2.75, 3.05) is 43.4 Å². The average Bonchev–Trinajstić information content (AvgIpc) is 2.68. The SMILES string of the molecule is CCS(=O)(=O)NCC1(N2CCN(c3ccccc3)CC2)CCCCC1. The first-order valence-electron chi connectivity index (χ1n) is 9.57. The zero-order chi connectivity index (χ0) is 17.8. The highest BCUT2D eigenvalue weighted by atomic mass is 32.2. The summed E-state index contributed by atoms with van der Waals surface area (Å²) in [4.78, 5) is 4.99. The minimum absolute atomic E-state index is 0.00324. The molecule has 3 rings (SSSR count). The minimum atomic E-state index is -3.14. The lowest BCUT2D eigenvalue weighted by atomic mass is 9.80. The summed E-state index contributed by atoms with van der Waals surface area (Å²) >= 11 is 0. The molecule has 1 saturated carbocycles. The Morgan fingerprint density at radius 2 is 1.64 bits per heavy atom. The molecule has 6 heteroatoms. The molecule has 5 nitrogen and oxygen atoms in total. The maximum absolute atomic E-state index is 12.0. The lowest BCUT2D eigenvalue weighted by Gasteiger charge is -2.50. The minimum Gasteiger partial charge on any atom is -0.369 e. The number of piperazine rings is 1. The largest absolute Gasteiger partial charge is 0.369 e. The zero-order valence-corrected chi connectivity index (χ0v) is 16.1. The molecule has 25 heavy (non-hydrogen) atoms. The first-order chi connectivity index (χ1) is 12.0. The van der Waals surface area contributed by atoms with E-state index in [0.717, 1.165) is 39.0 Å². The van der Waals surface area contributed by atoms with Crippen LogP contribution in [0.1, 0.15) is 39.0 Å². The van der Waals surface area contributed by atoms with Crippen LogP contribution in [0.5, 0.6) is 0 Å². The van der Waals surface area contributed by atoms with E-state index in [-0.39, 0.29) is 11.3 Å². The Labute approximate surface area is 152 Å². The van der Waals surface area contributed by atoms with Crippen molar-refractivity contribution >= 4 is 15.7 Å². The molecule has 0 unspecified atom stereocenters. The number of para-hydroxylation sites is 1. The van der Waals surface area contributed by atoms with Gasteiger partial charge in [0.05, 0.1) is 5.75 Å². The van der Waals surface area contributed by atoms with Crippen LogP contribution in [0.4, 0.5) is 5.69 Å². The highest BCUT2D eigenvalue weighted by Crippen LogP contribution is 2.34. The number of nitrogens with zero attached hydrogens (tertiary/aromatic N) is 2. The molecule has 0 spiro atoms. The van der Waals surface area contributed by atoms with Gasteiger partial charge < -0.3 is 4.90 Å². The molecule has 1 aromatic rings. The van der Waals surface area contributed by atoms with Crippen molar-refractivity contribution in [3.63, 3.8) is 0 Å². The maximum atomic E-state index is 12.0. The molecule has 1 N–H and O–H groups in total. The van der Waals surface area contributed by atoms with Gasteiger partial charge in [0.15, 0.2) is 0 Å². The van der Waals surface area contributed by atoms with Crippen molar-refractivity contribution in [2.45, 2.75) is 44.6 Å². The predicted octanol–water partition coefficient (Wildman–Crippen LogP) is 2.45. The summed E-state index contributed by atoms with van der Waals surface area (Å²) in [6, 6.07) is 10.6. The van der Waals surface area contributed by atoms with Gasteiger partial charge in [0, 0.05) is 44.0 Å². The van der Waals surface area contributed by atoms with Crippen LogP contribution >= 0.6 is 0 Å². The molecule has 1 aliphatic heterocycles. The van der Waals surface area contributed by atoms with Gasteiger partial charge in [-0.3, -0.25) is 4.90 Å². The van der Waals surface area contributed by atoms with E-state index < -0.39 is 10.0 Å². The molecule has 0 amide bonds. The summed E-state index contributed by atoms with van der Waals surface area (Å²) < 4.78 is 26.8. The Morgan fingerprint density at radius 1 is 1.00 bits per heavy atom. The summed E-state index contributed by atoms with van der Waals surface area (Å²) in [5, 5.41) is 0. The van der Waals surface area contributed by atoms with Crippen LogP contribution in [0, 0.1) is 0 Å². The summed E-state index contributed by atoms with van der Waals surface area (Å²) in [5.74, 6) is 0.158. The number of sulfonamides is 1. The zero-order valence-electron chi connectivity index (χ0n) is 15.3. The Bertz CT molecular complexity index is 634. The van der Waals surface area contributed by atoms with Gasteiger partial charge in [0.1, 0.15) is 0 Å². The van der Waals surface area contributed by atoms with E-state index >= 15 is 0 Å². The number of hydrogen-bond donors (Lipinski definition) is 1. The second-order valence-corrected chi connectivity index (χ2v) is 9.41. The van der Waals surface area contributed by atoms with Crippen LogP contribution in [0.25, 0.3) is 0 Å². The van der Waals surface area contributed by atoms with Crippen LogP contribution in [0.15, 0.2) is 30.3 Å². The Kier molecular flexibility index (Phi) is 6.02. The van der Waals surface area contributed by atoms with Gasteiger partial charge >= 0.3 is 0 Å². The Hall–Kier alpha value is -1.11. The van der Waals surface area contributed by atoms with Gasteiger partial charge in [-0.2, -0.15) is 0 Å². The quantitative estimate of drug-likeness (QED) is 0.841. The third-order valence-electron chi connectivity index (χ3n) is 5.86. The van der Waals surface area contributed by atoms with E-state index in [0.29, 0.717) is 6.54 Å². The molecule has 1 aliphatic carbocycles. The molecule has 0 bridgehead atoms.